The molecule has 0 aliphatic heterocycles. The molecule has 0 radical (unpaired) electrons. The number of allylic oxidation sites excluding steroid dienone is 1. The topological polar surface area (TPSA) is 41.5 Å². The predicted molar refractivity (Wildman–Crippen MR) is 68.3 cm³/mol. The molecule has 0 bridgehead atoms. The molecule has 1 aliphatic rings. The molecule has 0 amide bonds. The zero-order valence-electron chi connectivity index (χ0n) is 10.1. The van der Waals surface area contributed by atoms with Crippen LogP contribution in [0.3, 0.4) is 0 Å². The Bertz CT molecular complexity index is 401. The highest BCUT2D eigenvalue weighted by atomic mass is 16.5. The van der Waals surface area contributed by atoms with Gasteiger partial charge in [-0.3, -0.25) is 0 Å². The zero-order chi connectivity index (χ0) is 12.1. The van der Waals surface area contributed by atoms with E-state index in [4.69, 9.17) is 4.74 Å². The summed E-state index contributed by atoms with van der Waals surface area (Å²) in [7, 11) is 1.60. The lowest BCUT2D eigenvalue weighted by Gasteiger charge is -2.19. The number of rotatable bonds is 4. The highest BCUT2D eigenvalue weighted by Gasteiger charge is 2.10. The smallest absolute Gasteiger partial charge is 0.123 e. The SMILES string of the molecule is COc1ccc(CNC2CC=CCC2)c(O)c1. The van der Waals surface area contributed by atoms with Crippen molar-refractivity contribution in [3.05, 3.63) is 35.9 Å². The monoisotopic (exact) mass is 233 g/mol. The number of phenolic OH excluding ortho intramolecular Hbond substituents is 1. The van der Waals surface area contributed by atoms with Crippen LogP contribution in [-0.2, 0) is 6.54 Å². The number of methoxy groups -OCH3 is 1. The first-order chi connectivity index (χ1) is 8.29. The first-order valence-corrected chi connectivity index (χ1v) is 6.04. The molecule has 92 valence electrons. The zero-order valence-corrected chi connectivity index (χ0v) is 10.1. The summed E-state index contributed by atoms with van der Waals surface area (Å²) in [5, 5.41) is 13.3. The Morgan fingerprint density at radius 1 is 1.41 bits per heavy atom. The Morgan fingerprint density at radius 3 is 2.94 bits per heavy atom. The van der Waals surface area contributed by atoms with Gasteiger partial charge in [0.2, 0.25) is 0 Å². The average molecular weight is 233 g/mol. The van der Waals surface area contributed by atoms with E-state index in [2.05, 4.69) is 17.5 Å². The van der Waals surface area contributed by atoms with Gasteiger partial charge < -0.3 is 15.2 Å². The fraction of sp³-hybridized carbons (Fsp3) is 0.429. The number of ether oxygens (including phenoxy) is 1. The third kappa shape index (κ3) is 3.24. The third-order valence-electron chi connectivity index (χ3n) is 3.14. The van der Waals surface area contributed by atoms with Crippen molar-refractivity contribution in [3.8, 4) is 11.5 Å². The molecular weight excluding hydrogens is 214 g/mol. The Balaban J connectivity index is 1.92. The number of phenols is 1. The van der Waals surface area contributed by atoms with E-state index in [1.807, 2.05) is 12.1 Å². The number of aromatic hydroxyl groups is 1. The highest BCUT2D eigenvalue weighted by Crippen LogP contribution is 2.23. The van der Waals surface area contributed by atoms with Crippen LogP contribution in [-0.4, -0.2) is 18.3 Å². The minimum absolute atomic E-state index is 0.295. The standard InChI is InChI=1S/C14H19NO2/c1-17-13-8-7-11(14(16)9-13)10-15-12-5-3-2-4-6-12/h2-3,7-9,12,15-16H,4-6,10H2,1H3. The lowest BCUT2D eigenvalue weighted by Crippen LogP contribution is -2.29. The Labute approximate surface area is 102 Å². The van der Waals surface area contributed by atoms with Crippen LogP contribution < -0.4 is 10.1 Å². The number of hydrogen-bond acceptors (Lipinski definition) is 3. The number of hydrogen-bond donors (Lipinski definition) is 2. The predicted octanol–water partition coefficient (Wildman–Crippen LogP) is 2.60. The summed E-state index contributed by atoms with van der Waals surface area (Å²) < 4.78 is 5.05. The van der Waals surface area contributed by atoms with Gasteiger partial charge in [0, 0.05) is 24.2 Å². The quantitative estimate of drug-likeness (QED) is 0.785. The molecule has 1 aromatic carbocycles. The second-order valence-electron chi connectivity index (χ2n) is 4.36. The minimum Gasteiger partial charge on any atom is -0.507 e. The van der Waals surface area contributed by atoms with Crippen molar-refractivity contribution in [2.24, 2.45) is 0 Å². The molecule has 0 fully saturated rings. The van der Waals surface area contributed by atoms with E-state index in [0.717, 1.165) is 18.4 Å². The summed E-state index contributed by atoms with van der Waals surface area (Å²) in [6, 6.07) is 5.95. The maximum atomic E-state index is 9.82. The third-order valence-corrected chi connectivity index (χ3v) is 3.14. The van der Waals surface area contributed by atoms with Crippen LogP contribution in [0.15, 0.2) is 30.4 Å². The van der Waals surface area contributed by atoms with Crippen LogP contribution in [0.2, 0.25) is 0 Å². The normalized spacial score (nSPS) is 19.2. The molecule has 0 saturated carbocycles. The van der Waals surface area contributed by atoms with Gasteiger partial charge in [0.1, 0.15) is 11.5 Å². The molecule has 3 nitrogen and oxygen atoms in total. The van der Waals surface area contributed by atoms with Crippen LogP contribution in [0.5, 0.6) is 11.5 Å². The fourth-order valence-electron chi connectivity index (χ4n) is 2.05. The maximum Gasteiger partial charge on any atom is 0.123 e. The Morgan fingerprint density at radius 2 is 2.29 bits per heavy atom. The van der Waals surface area contributed by atoms with Crippen molar-refractivity contribution < 1.29 is 9.84 Å². The van der Waals surface area contributed by atoms with E-state index in [-0.39, 0.29) is 0 Å². The van der Waals surface area contributed by atoms with Crippen molar-refractivity contribution >= 4 is 0 Å². The molecule has 1 aromatic rings. The number of nitrogens with one attached hydrogen (secondary N) is 1. The van der Waals surface area contributed by atoms with Gasteiger partial charge in [0.05, 0.1) is 7.11 Å². The van der Waals surface area contributed by atoms with Gasteiger partial charge in [0.15, 0.2) is 0 Å². The second-order valence-corrected chi connectivity index (χ2v) is 4.36. The van der Waals surface area contributed by atoms with E-state index in [0.29, 0.717) is 24.1 Å². The minimum atomic E-state index is 0.295. The molecule has 0 saturated heterocycles. The lowest BCUT2D eigenvalue weighted by molar-refractivity contribution is 0.404. The Kier molecular flexibility index (Phi) is 4.04. The first-order valence-electron chi connectivity index (χ1n) is 6.04. The van der Waals surface area contributed by atoms with Crippen molar-refractivity contribution in [3.63, 3.8) is 0 Å². The van der Waals surface area contributed by atoms with Crippen molar-refractivity contribution in [1.82, 2.24) is 5.32 Å². The summed E-state index contributed by atoms with van der Waals surface area (Å²) in [4.78, 5) is 0. The lowest BCUT2D eigenvalue weighted by atomic mass is 10.0. The van der Waals surface area contributed by atoms with Gasteiger partial charge in [-0.2, -0.15) is 0 Å². The van der Waals surface area contributed by atoms with E-state index >= 15 is 0 Å². The van der Waals surface area contributed by atoms with Crippen molar-refractivity contribution in [2.45, 2.75) is 31.8 Å². The van der Waals surface area contributed by atoms with Crippen molar-refractivity contribution in [1.29, 1.82) is 0 Å². The van der Waals surface area contributed by atoms with Gasteiger partial charge in [0.25, 0.3) is 0 Å². The van der Waals surface area contributed by atoms with E-state index in [9.17, 15) is 5.11 Å². The molecule has 1 unspecified atom stereocenters. The summed E-state index contributed by atoms with van der Waals surface area (Å²) >= 11 is 0. The van der Waals surface area contributed by atoms with Crippen LogP contribution in [0, 0.1) is 0 Å². The number of benzene rings is 1. The summed E-state index contributed by atoms with van der Waals surface area (Å²) in [5.74, 6) is 0.982. The van der Waals surface area contributed by atoms with Crippen LogP contribution in [0.1, 0.15) is 24.8 Å². The molecule has 0 heterocycles. The second kappa shape index (κ2) is 5.73. The molecule has 3 heteroatoms. The molecule has 1 atom stereocenters. The van der Waals surface area contributed by atoms with Gasteiger partial charge in [-0.15, -0.1) is 0 Å². The molecule has 17 heavy (non-hydrogen) atoms. The van der Waals surface area contributed by atoms with Crippen LogP contribution in [0.25, 0.3) is 0 Å². The van der Waals surface area contributed by atoms with Crippen LogP contribution in [0.4, 0.5) is 0 Å². The van der Waals surface area contributed by atoms with Gasteiger partial charge in [-0.1, -0.05) is 18.2 Å². The van der Waals surface area contributed by atoms with Gasteiger partial charge in [-0.25, -0.2) is 0 Å². The average Bonchev–Trinajstić information content (AvgIpc) is 2.38. The molecule has 0 spiro atoms. The summed E-state index contributed by atoms with van der Waals surface area (Å²) in [6.07, 6.45) is 7.84. The fourth-order valence-corrected chi connectivity index (χ4v) is 2.05. The molecular formula is C14H19NO2. The molecule has 2 N–H and O–H groups in total. The van der Waals surface area contributed by atoms with E-state index in [1.54, 1.807) is 13.2 Å². The van der Waals surface area contributed by atoms with Crippen LogP contribution >= 0.6 is 0 Å². The molecule has 0 aromatic heterocycles. The largest absolute Gasteiger partial charge is 0.507 e. The van der Waals surface area contributed by atoms with Crippen molar-refractivity contribution in [2.75, 3.05) is 7.11 Å². The maximum absolute atomic E-state index is 9.82. The molecule has 1 aliphatic carbocycles. The van der Waals surface area contributed by atoms with E-state index in [1.165, 1.54) is 6.42 Å². The summed E-state index contributed by atoms with van der Waals surface area (Å²) in [5.41, 5.74) is 0.917. The summed E-state index contributed by atoms with van der Waals surface area (Å²) in [6.45, 7) is 0.703. The van der Waals surface area contributed by atoms with E-state index < -0.39 is 0 Å². The highest BCUT2D eigenvalue weighted by molar-refractivity contribution is 5.39. The van der Waals surface area contributed by atoms with Gasteiger partial charge in [-0.05, 0) is 25.3 Å². The Hall–Kier alpha value is -1.48. The van der Waals surface area contributed by atoms with Gasteiger partial charge >= 0.3 is 0 Å². The first kappa shape index (κ1) is 12.0. The molecule has 2 rings (SSSR count).